The SMILES string of the molecule is CC[C@H](C)NC(=S)Nc1ccc2nc(N3CCN(C)CC3)cc(C)c2c1. The van der Waals surface area contributed by atoms with Crippen LogP contribution in [-0.4, -0.2) is 54.3 Å². The topological polar surface area (TPSA) is 43.4 Å². The van der Waals surface area contributed by atoms with Crippen molar-refractivity contribution >= 4 is 39.7 Å². The van der Waals surface area contributed by atoms with Crippen LogP contribution < -0.4 is 15.5 Å². The van der Waals surface area contributed by atoms with E-state index in [-0.39, 0.29) is 0 Å². The van der Waals surface area contributed by atoms with Crippen molar-refractivity contribution in [2.75, 3.05) is 43.4 Å². The van der Waals surface area contributed by atoms with Crippen LogP contribution in [0.15, 0.2) is 24.3 Å². The van der Waals surface area contributed by atoms with Crippen molar-refractivity contribution in [3.63, 3.8) is 0 Å². The molecule has 3 rings (SSSR count). The van der Waals surface area contributed by atoms with Gasteiger partial charge in [-0.15, -0.1) is 0 Å². The highest BCUT2D eigenvalue weighted by Crippen LogP contribution is 2.26. The van der Waals surface area contributed by atoms with E-state index < -0.39 is 0 Å². The maximum absolute atomic E-state index is 5.40. The molecule has 1 fully saturated rings. The summed E-state index contributed by atoms with van der Waals surface area (Å²) in [6.45, 7) is 10.7. The normalized spacial score (nSPS) is 16.5. The van der Waals surface area contributed by atoms with Crippen molar-refractivity contribution in [2.45, 2.75) is 33.2 Å². The van der Waals surface area contributed by atoms with Crippen LogP contribution in [0.4, 0.5) is 11.5 Å². The molecule has 2 heterocycles. The van der Waals surface area contributed by atoms with Crippen molar-refractivity contribution in [2.24, 2.45) is 0 Å². The summed E-state index contributed by atoms with van der Waals surface area (Å²) in [6.07, 6.45) is 1.04. The molecule has 1 aliphatic rings. The van der Waals surface area contributed by atoms with Crippen LogP contribution in [0, 0.1) is 6.92 Å². The fraction of sp³-hybridized carbons (Fsp3) is 0.500. The molecular weight excluding hydrogens is 342 g/mol. The summed E-state index contributed by atoms with van der Waals surface area (Å²) in [6, 6.07) is 8.83. The van der Waals surface area contributed by atoms with Crippen molar-refractivity contribution in [3.8, 4) is 0 Å². The predicted octanol–water partition coefficient (Wildman–Crippen LogP) is 3.38. The number of hydrogen-bond donors (Lipinski definition) is 2. The molecule has 1 atom stereocenters. The van der Waals surface area contributed by atoms with Crippen LogP contribution in [0.25, 0.3) is 10.9 Å². The third-order valence-corrected chi connectivity index (χ3v) is 5.30. The molecule has 2 N–H and O–H groups in total. The fourth-order valence-corrected chi connectivity index (χ4v) is 3.46. The second kappa shape index (κ2) is 8.18. The van der Waals surface area contributed by atoms with Crippen LogP contribution >= 0.6 is 12.2 Å². The van der Waals surface area contributed by atoms with E-state index in [1.165, 1.54) is 10.9 Å². The predicted molar refractivity (Wildman–Crippen MR) is 115 cm³/mol. The van der Waals surface area contributed by atoms with Crippen LogP contribution in [0.2, 0.25) is 0 Å². The molecule has 1 saturated heterocycles. The Hall–Kier alpha value is -1.92. The molecule has 0 bridgehead atoms. The Labute approximate surface area is 161 Å². The zero-order valence-corrected chi connectivity index (χ0v) is 17.0. The Bertz CT molecular complexity index is 783. The molecule has 0 saturated carbocycles. The molecular formula is C20H29N5S. The maximum Gasteiger partial charge on any atom is 0.170 e. The van der Waals surface area contributed by atoms with Crippen molar-refractivity contribution in [1.82, 2.24) is 15.2 Å². The van der Waals surface area contributed by atoms with E-state index in [4.69, 9.17) is 17.2 Å². The molecule has 1 aromatic heterocycles. The summed E-state index contributed by atoms with van der Waals surface area (Å²) in [5.74, 6) is 1.08. The molecule has 0 aliphatic carbocycles. The summed E-state index contributed by atoms with van der Waals surface area (Å²) < 4.78 is 0. The van der Waals surface area contributed by atoms with E-state index >= 15 is 0 Å². The molecule has 0 unspecified atom stereocenters. The Morgan fingerprint density at radius 1 is 1.23 bits per heavy atom. The van der Waals surface area contributed by atoms with E-state index in [1.807, 2.05) is 6.07 Å². The molecule has 0 radical (unpaired) electrons. The largest absolute Gasteiger partial charge is 0.360 e. The van der Waals surface area contributed by atoms with Crippen LogP contribution in [0.1, 0.15) is 25.8 Å². The van der Waals surface area contributed by atoms with Crippen LogP contribution in [0.5, 0.6) is 0 Å². The zero-order chi connectivity index (χ0) is 18.7. The quantitative estimate of drug-likeness (QED) is 0.804. The van der Waals surface area contributed by atoms with Gasteiger partial charge >= 0.3 is 0 Å². The lowest BCUT2D eigenvalue weighted by atomic mass is 10.1. The van der Waals surface area contributed by atoms with Crippen molar-refractivity contribution in [3.05, 3.63) is 29.8 Å². The lowest BCUT2D eigenvalue weighted by Crippen LogP contribution is -2.44. The Morgan fingerprint density at radius 3 is 2.65 bits per heavy atom. The van der Waals surface area contributed by atoms with E-state index in [0.717, 1.165) is 49.6 Å². The number of nitrogens with zero attached hydrogens (tertiary/aromatic N) is 3. The number of anilines is 2. The summed E-state index contributed by atoms with van der Waals surface area (Å²) in [5.41, 5.74) is 3.27. The van der Waals surface area contributed by atoms with Crippen LogP contribution in [-0.2, 0) is 0 Å². The Kier molecular flexibility index (Phi) is 5.94. The standard InChI is InChI=1S/C20H29N5S/c1-5-15(3)21-20(26)22-16-6-7-18-17(13-16)14(2)12-19(23-18)25-10-8-24(4)9-11-25/h6-7,12-13,15H,5,8-11H2,1-4H3,(H2,21,22,26)/t15-/m0/s1. The minimum atomic E-state index is 0.366. The van der Waals surface area contributed by atoms with Gasteiger partial charge in [-0.3, -0.25) is 0 Å². The number of benzene rings is 1. The molecule has 6 heteroatoms. The summed E-state index contributed by atoms with van der Waals surface area (Å²) in [7, 11) is 2.17. The zero-order valence-electron chi connectivity index (χ0n) is 16.2. The first-order chi connectivity index (χ1) is 12.5. The summed E-state index contributed by atoms with van der Waals surface area (Å²) in [5, 5.41) is 8.41. The Balaban J connectivity index is 1.79. The van der Waals surface area contributed by atoms with Gasteiger partial charge < -0.3 is 20.4 Å². The average molecular weight is 372 g/mol. The van der Waals surface area contributed by atoms with Gasteiger partial charge in [0.05, 0.1) is 5.52 Å². The lowest BCUT2D eigenvalue weighted by Gasteiger charge is -2.33. The highest BCUT2D eigenvalue weighted by Gasteiger charge is 2.16. The number of likely N-dealkylation sites (N-methyl/N-ethyl adjacent to an activating group) is 1. The molecule has 1 aromatic carbocycles. The number of aromatic nitrogens is 1. The number of thiocarbonyl (C=S) groups is 1. The number of hydrogen-bond acceptors (Lipinski definition) is 4. The monoisotopic (exact) mass is 371 g/mol. The van der Waals surface area contributed by atoms with Crippen LogP contribution in [0.3, 0.4) is 0 Å². The van der Waals surface area contributed by atoms with E-state index in [0.29, 0.717) is 11.2 Å². The van der Waals surface area contributed by atoms with Gasteiger partial charge in [-0.25, -0.2) is 4.98 Å². The first-order valence-corrected chi connectivity index (χ1v) is 9.79. The van der Waals surface area contributed by atoms with Gasteiger partial charge in [0.2, 0.25) is 0 Å². The summed E-state index contributed by atoms with van der Waals surface area (Å²) in [4.78, 5) is 9.64. The third-order valence-electron chi connectivity index (χ3n) is 5.08. The van der Waals surface area contributed by atoms with E-state index in [2.05, 4.69) is 66.5 Å². The Morgan fingerprint density at radius 2 is 1.96 bits per heavy atom. The number of rotatable bonds is 4. The second-order valence-corrected chi connectivity index (χ2v) is 7.64. The first-order valence-electron chi connectivity index (χ1n) is 9.38. The molecule has 26 heavy (non-hydrogen) atoms. The number of fused-ring (bicyclic) bond motifs is 1. The minimum Gasteiger partial charge on any atom is -0.360 e. The van der Waals surface area contributed by atoms with Gasteiger partial charge in [-0.1, -0.05) is 6.92 Å². The average Bonchev–Trinajstić information content (AvgIpc) is 2.62. The molecule has 5 nitrogen and oxygen atoms in total. The van der Waals surface area contributed by atoms with Crippen molar-refractivity contribution < 1.29 is 0 Å². The smallest absolute Gasteiger partial charge is 0.170 e. The summed E-state index contributed by atoms with van der Waals surface area (Å²) >= 11 is 5.40. The van der Waals surface area contributed by atoms with Gasteiger partial charge in [0.25, 0.3) is 0 Å². The molecule has 1 aliphatic heterocycles. The molecule has 140 valence electrons. The van der Waals surface area contributed by atoms with Gasteiger partial charge in [0, 0.05) is 43.3 Å². The third kappa shape index (κ3) is 4.43. The van der Waals surface area contributed by atoms with Gasteiger partial charge in [0.1, 0.15) is 5.82 Å². The fourth-order valence-electron chi connectivity index (χ4n) is 3.14. The molecule has 2 aromatic rings. The highest BCUT2D eigenvalue weighted by molar-refractivity contribution is 7.80. The first kappa shape index (κ1) is 18.9. The second-order valence-electron chi connectivity index (χ2n) is 7.23. The molecule has 0 amide bonds. The number of piperazine rings is 1. The lowest BCUT2D eigenvalue weighted by molar-refractivity contribution is 0.312. The van der Waals surface area contributed by atoms with Gasteiger partial charge in [-0.05, 0) is 69.4 Å². The minimum absolute atomic E-state index is 0.366. The van der Waals surface area contributed by atoms with E-state index in [9.17, 15) is 0 Å². The van der Waals surface area contributed by atoms with Gasteiger partial charge in [0.15, 0.2) is 5.11 Å². The van der Waals surface area contributed by atoms with E-state index in [1.54, 1.807) is 0 Å². The maximum atomic E-state index is 5.40. The highest BCUT2D eigenvalue weighted by atomic mass is 32.1. The van der Waals surface area contributed by atoms with Crippen molar-refractivity contribution in [1.29, 1.82) is 0 Å². The number of pyridine rings is 1. The molecule has 0 spiro atoms. The number of nitrogens with one attached hydrogen (secondary N) is 2. The van der Waals surface area contributed by atoms with Gasteiger partial charge in [-0.2, -0.15) is 0 Å². The number of aryl methyl sites for hydroxylation is 1.